The molecule has 1 atom stereocenters. The van der Waals surface area contributed by atoms with Gasteiger partial charge in [0.2, 0.25) is 17.5 Å². The molecule has 0 radical (unpaired) electrons. The molecule has 0 saturated carbocycles. The van der Waals surface area contributed by atoms with E-state index in [0.29, 0.717) is 28.7 Å². The van der Waals surface area contributed by atoms with Gasteiger partial charge >= 0.3 is 0 Å². The third kappa shape index (κ3) is 3.82. The topological polar surface area (TPSA) is 115 Å². The summed E-state index contributed by atoms with van der Waals surface area (Å²) in [5, 5.41) is 17.0. The molecule has 0 fully saturated rings. The third-order valence-corrected chi connectivity index (χ3v) is 5.92. The fourth-order valence-electron chi connectivity index (χ4n) is 4.20. The maximum atomic E-state index is 9.88. The monoisotopic (exact) mass is 446 g/mol. The molecule has 0 amide bonds. The Bertz CT molecular complexity index is 1260. The maximum Gasteiger partial charge on any atom is 0.244 e. The molecule has 0 bridgehead atoms. The van der Waals surface area contributed by atoms with Gasteiger partial charge in [0.1, 0.15) is 18.2 Å². The number of aromatic amines is 1. The number of nitrogens with two attached hydrogens (primary N) is 1. The predicted molar refractivity (Wildman–Crippen MR) is 122 cm³/mol. The molecule has 4 rings (SSSR count). The molecule has 170 valence electrons. The number of rotatable bonds is 6. The highest BCUT2D eigenvalue weighted by Crippen LogP contribution is 2.44. The summed E-state index contributed by atoms with van der Waals surface area (Å²) in [7, 11) is 3.18. The summed E-state index contributed by atoms with van der Waals surface area (Å²) in [6.07, 6.45) is 0. The second-order valence-corrected chi connectivity index (χ2v) is 7.91. The quantitative estimate of drug-likeness (QED) is 0.584. The van der Waals surface area contributed by atoms with Gasteiger partial charge in [-0.25, -0.2) is 0 Å². The maximum absolute atomic E-state index is 9.88. The van der Waals surface area contributed by atoms with Gasteiger partial charge in [-0.3, -0.25) is 5.10 Å². The van der Waals surface area contributed by atoms with Crippen LogP contribution in [0.15, 0.2) is 41.8 Å². The summed E-state index contributed by atoms with van der Waals surface area (Å²) < 4.78 is 22.6. The molecule has 2 aromatic carbocycles. The van der Waals surface area contributed by atoms with Crippen molar-refractivity contribution in [2.45, 2.75) is 33.3 Å². The van der Waals surface area contributed by atoms with Crippen LogP contribution in [0.1, 0.15) is 39.4 Å². The number of para-hydroxylation sites is 1. The minimum absolute atomic E-state index is 0.0676. The number of nitrogens with one attached hydrogen (secondary N) is 1. The highest BCUT2D eigenvalue weighted by atomic mass is 16.5. The zero-order chi connectivity index (χ0) is 23.7. The van der Waals surface area contributed by atoms with Crippen LogP contribution in [0.25, 0.3) is 0 Å². The van der Waals surface area contributed by atoms with Crippen LogP contribution in [0.2, 0.25) is 0 Å². The molecule has 3 N–H and O–H groups in total. The summed E-state index contributed by atoms with van der Waals surface area (Å²) in [6, 6.07) is 11.9. The molecular weight excluding hydrogens is 420 g/mol. The molecule has 1 aliphatic rings. The lowest BCUT2D eigenvalue weighted by Crippen LogP contribution is -2.21. The Morgan fingerprint density at radius 2 is 1.82 bits per heavy atom. The van der Waals surface area contributed by atoms with Crippen LogP contribution in [0.3, 0.4) is 0 Å². The van der Waals surface area contributed by atoms with Gasteiger partial charge in [-0.05, 0) is 55.2 Å². The number of benzene rings is 2. The molecule has 0 saturated heterocycles. The number of ether oxygens (including phenoxy) is 4. The number of nitrogens with zero attached hydrogens (tertiary/aromatic N) is 2. The van der Waals surface area contributed by atoms with E-state index in [2.05, 4.69) is 28.4 Å². The standard InChI is InChI=1S/C25H26N4O4/c1-13-9-14(2)17(22-18(11-26)24(27)33-25-21(22)15(3)28-29-25)10-16(13)12-32-23-19(30-4)7-6-8-20(23)31-5/h6-10,22H,12,27H2,1-5H3,(H,28,29)/t22-/m1/s1. The minimum Gasteiger partial charge on any atom is -0.493 e. The van der Waals surface area contributed by atoms with Crippen molar-refractivity contribution >= 4 is 0 Å². The van der Waals surface area contributed by atoms with Crippen molar-refractivity contribution in [2.75, 3.05) is 14.2 Å². The van der Waals surface area contributed by atoms with Crippen molar-refractivity contribution in [1.82, 2.24) is 10.2 Å². The van der Waals surface area contributed by atoms with Crippen LogP contribution in [0.4, 0.5) is 0 Å². The van der Waals surface area contributed by atoms with Gasteiger partial charge < -0.3 is 24.7 Å². The van der Waals surface area contributed by atoms with Crippen molar-refractivity contribution in [3.63, 3.8) is 0 Å². The van der Waals surface area contributed by atoms with Gasteiger partial charge in [0.05, 0.1) is 20.1 Å². The van der Waals surface area contributed by atoms with E-state index in [1.54, 1.807) is 14.2 Å². The number of nitriles is 1. The van der Waals surface area contributed by atoms with Gasteiger partial charge in [-0.2, -0.15) is 5.26 Å². The van der Waals surface area contributed by atoms with E-state index in [0.717, 1.165) is 33.5 Å². The lowest BCUT2D eigenvalue weighted by Gasteiger charge is -2.26. The second-order valence-electron chi connectivity index (χ2n) is 7.91. The first-order valence-corrected chi connectivity index (χ1v) is 10.5. The van der Waals surface area contributed by atoms with E-state index in [-0.39, 0.29) is 12.5 Å². The van der Waals surface area contributed by atoms with Gasteiger partial charge in [-0.1, -0.05) is 18.2 Å². The van der Waals surface area contributed by atoms with Crippen molar-refractivity contribution in [3.05, 3.63) is 75.3 Å². The summed E-state index contributed by atoms with van der Waals surface area (Å²) in [4.78, 5) is 0. The smallest absolute Gasteiger partial charge is 0.244 e. The zero-order valence-corrected chi connectivity index (χ0v) is 19.3. The first kappa shape index (κ1) is 22.1. The largest absolute Gasteiger partial charge is 0.493 e. The van der Waals surface area contributed by atoms with Crippen LogP contribution in [-0.2, 0) is 6.61 Å². The molecule has 8 nitrogen and oxygen atoms in total. The second kappa shape index (κ2) is 8.79. The minimum atomic E-state index is -0.391. The Labute approximate surface area is 192 Å². The lowest BCUT2D eigenvalue weighted by atomic mass is 9.81. The molecule has 0 spiro atoms. The molecular formula is C25H26N4O4. The Hall–Kier alpha value is -4.12. The van der Waals surface area contributed by atoms with Gasteiger partial charge in [0.25, 0.3) is 0 Å². The molecule has 0 unspecified atom stereocenters. The van der Waals surface area contributed by atoms with Crippen molar-refractivity contribution < 1.29 is 18.9 Å². The number of allylic oxidation sites excluding steroid dienone is 1. The van der Waals surface area contributed by atoms with Gasteiger partial charge in [0.15, 0.2) is 11.5 Å². The third-order valence-electron chi connectivity index (χ3n) is 5.92. The van der Waals surface area contributed by atoms with E-state index < -0.39 is 5.92 Å². The molecule has 8 heteroatoms. The van der Waals surface area contributed by atoms with E-state index in [1.807, 2.05) is 39.0 Å². The van der Waals surface area contributed by atoms with Gasteiger partial charge in [-0.15, -0.1) is 5.10 Å². The van der Waals surface area contributed by atoms with Crippen LogP contribution in [0.5, 0.6) is 23.1 Å². The SMILES string of the molecule is COc1cccc(OC)c1OCc1cc([C@@H]2C(C#N)=C(N)Oc3n[nH]c(C)c32)c(C)cc1C. The number of fused-ring (bicyclic) bond motifs is 1. The predicted octanol–water partition coefficient (Wildman–Crippen LogP) is 4.15. The highest BCUT2D eigenvalue weighted by Gasteiger charge is 2.35. The Balaban J connectivity index is 1.77. The molecule has 3 aromatic rings. The summed E-state index contributed by atoms with van der Waals surface area (Å²) in [6.45, 7) is 6.24. The summed E-state index contributed by atoms with van der Waals surface area (Å²) >= 11 is 0. The van der Waals surface area contributed by atoms with Crippen molar-refractivity contribution in [1.29, 1.82) is 5.26 Å². The summed E-state index contributed by atoms with van der Waals surface area (Å²) in [5.74, 6) is 1.78. The Morgan fingerprint density at radius 1 is 1.12 bits per heavy atom. The number of methoxy groups -OCH3 is 2. The first-order chi connectivity index (χ1) is 15.9. The fraction of sp³-hybridized carbons (Fsp3) is 0.280. The van der Waals surface area contributed by atoms with E-state index in [9.17, 15) is 5.26 Å². The first-order valence-electron chi connectivity index (χ1n) is 10.5. The van der Waals surface area contributed by atoms with Crippen molar-refractivity contribution in [2.24, 2.45) is 5.73 Å². The molecule has 33 heavy (non-hydrogen) atoms. The zero-order valence-electron chi connectivity index (χ0n) is 19.3. The molecule has 1 aliphatic heterocycles. The molecule has 0 aliphatic carbocycles. The van der Waals surface area contributed by atoms with E-state index in [4.69, 9.17) is 24.7 Å². The van der Waals surface area contributed by atoms with Crippen LogP contribution in [0, 0.1) is 32.1 Å². The Kier molecular flexibility index (Phi) is 5.88. The Morgan fingerprint density at radius 3 is 2.45 bits per heavy atom. The van der Waals surface area contributed by atoms with Gasteiger partial charge in [0, 0.05) is 11.3 Å². The van der Waals surface area contributed by atoms with Crippen LogP contribution < -0.4 is 24.7 Å². The highest BCUT2D eigenvalue weighted by molar-refractivity contribution is 5.58. The molecule has 2 heterocycles. The normalized spacial score (nSPS) is 14.8. The fourth-order valence-corrected chi connectivity index (χ4v) is 4.20. The number of H-pyrrole nitrogens is 1. The van der Waals surface area contributed by atoms with Crippen LogP contribution in [-0.4, -0.2) is 24.4 Å². The number of aryl methyl sites for hydroxylation is 3. The number of hydrogen-bond acceptors (Lipinski definition) is 7. The lowest BCUT2D eigenvalue weighted by molar-refractivity contribution is 0.265. The summed E-state index contributed by atoms with van der Waals surface area (Å²) in [5.41, 5.74) is 12.1. The van der Waals surface area contributed by atoms with E-state index >= 15 is 0 Å². The van der Waals surface area contributed by atoms with Crippen molar-refractivity contribution in [3.8, 4) is 29.2 Å². The molecule has 1 aromatic heterocycles. The number of aromatic nitrogens is 2. The average Bonchev–Trinajstić information content (AvgIpc) is 3.17. The number of hydrogen-bond donors (Lipinski definition) is 2. The average molecular weight is 447 g/mol. The van der Waals surface area contributed by atoms with E-state index in [1.165, 1.54) is 0 Å². The van der Waals surface area contributed by atoms with Crippen LogP contribution >= 0.6 is 0 Å².